The Morgan fingerprint density at radius 2 is 2.22 bits per heavy atom. The maximum atomic E-state index is 11.2. The number of ether oxygens (including phenoxy) is 2. The number of carbonyl (C=O) groups excluding carboxylic acids is 1. The largest absolute Gasteiger partial charge is 0.487 e. The van der Waals surface area contributed by atoms with Crippen LogP contribution >= 0.6 is 0 Å². The normalized spacial score (nSPS) is 20.7. The van der Waals surface area contributed by atoms with Gasteiger partial charge < -0.3 is 9.47 Å². The molecule has 1 heterocycles. The van der Waals surface area contributed by atoms with Crippen LogP contribution < -0.4 is 10.1 Å². The number of rotatable bonds is 3. The van der Waals surface area contributed by atoms with E-state index in [9.17, 15) is 4.79 Å². The van der Waals surface area contributed by atoms with Gasteiger partial charge in [0.25, 0.3) is 0 Å². The molecule has 1 aromatic rings. The Hall–Kier alpha value is -1.55. The molecule has 0 radical (unpaired) electrons. The maximum Gasteiger partial charge on any atom is 0.319 e. The van der Waals surface area contributed by atoms with Crippen LogP contribution in [-0.2, 0) is 9.53 Å². The lowest BCUT2D eigenvalue weighted by molar-refractivity contribution is -0.139. The molecule has 1 atom stereocenters. The molecule has 0 saturated heterocycles. The first kappa shape index (κ1) is 12.9. The molecule has 18 heavy (non-hydrogen) atoms. The van der Waals surface area contributed by atoms with E-state index in [1.807, 2.05) is 24.3 Å². The second kappa shape index (κ2) is 4.98. The quantitative estimate of drug-likeness (QED) is 0.833. The molecule has 1 aliphatic heterocycles. The summed E-state index contributed by atoms with van der Waals surface area (Å²) in [5, 5.41) is 3.23. The Labute approximate surface area is 107 Å². The molecule has 4 nitrogen and oxygen atoms in total. The lowest BCUT2D eigenvalue weighted by Gasteiger charge is -2.37. The highest BCUT2D eigenvalue weighted by Crippen LogP contribution is 2.38. The Bertz CT molecular complexity index is 442. The Kier molecular flexibility index (Phi) is 3.57. The highest BCUT2D eigenvalue weighted by molar-refractivity contribution is 5.71. The van der Waals surface area contributed by atoms with E-state index in [2.05, 4.69) is 23.9 Å². The molecule has 0 spiro atoms. The van der Waals surface area contributed by atoms with Gasteiger partial charge in [-0.2, -0.15) is 0 Å². The molecule has 0 aromatic heterocycles. The summed E-state index contributed by atoms with van der Waals surface area (Å²) >= 11 is 0. The molecule has 0 aliphatic carbocycles. The molecule has 1 unspecified atom stereocenters. The van der Waals surface area contributed by atoms with Crippen LogP contribution in [0.3, 0.4) is 0 Å². The van der Waals surface area contributed by atoms with Crippen LogP contribution in [-0.4, -0.2) is 25.2 Å². The van der Waals surface area contributed by atoms with Gasteiger partial charge in [0.1, 0.15) is 11.4 Å². The van der Waals surface area contributed by atoms with E-state index < -0.39 is 0 Å². The van der Waals surface area contributed by atoms with Crippen molar-refractivity contribution in [3.8, 4) is 5.75 Å². The fourth-order valence-electron chi connectivity index (χ4n) is 2.26. The van der Waals surface area contributed by atoms with E-state index in [4.69, 9.17) is 4.74 Å². The minimum Gasteiger partial charge on any atom is -0.487 e. The molecule has 1 N–H and O–H groups in total. The van der Waals surface area contributed by atoms with Gasteiger partial charge >= 0.3 is 5.97 Å². The molecule has 1 aromatic carbocycles. The minimum absolute atomic E-state index is 0.115. The standard InChI is InChI=1S/C14H19NO3/c1-14(2)8-11(15-9-13(16)17-3)10-6-4-5-7-12(10)18-14/h4-7,11,15H,8-9H2,1-3H3. The van der Waals surface area contributed by atoms with E-state index in [1.165, 1.54) is 7.11 Å². The lowest BCUT2D eigenvalue weighted by Crippen LogP contribution is -2.40. The molecule has 1 aliphatic rings. The number of hydrogen-bond donors (Lipinski definition) is 1. The number of benzene rings is 1. The summed E-state index contributed by atoms with van der Waals surface area (Å²) in [6.07, 6.45) is 0.820. The number of hydrogen-bond acceptors (Lipinski definition) is 4. The lowest BCUT2D eigenvalue weighted by atomic mass is 9.90. The molecule has 0 saturated carbocycles. The second-order valence-corrected chi connectivity index (χ2v) is 5.11. The summed E-state index contributed by atoms with van der Waals surface area (Å²) in [6, 6.07) is 8.04. The zero-order chi connectivity index (χ0) is 13.2. The summed E-state index contributed by atoms with van der Waals surface area (Å²) in [5.41, 5.74) is 0.864. The van der Waals surface area contributed by atoms with E-state index in [-0.39, 0.29) is 24.2 Å². The summed E-state index contributed by atoms with van der Waals surface area (Å²) in [5.74, 6) is 0.632. The number of para-hydroxylation sites is 1. The molecule has 4 heteroatoms. The fourth-order valence-corrected chi connectivity index (χ4v) is 2.26. The molecule has 0 bridgehead atoms. The van der Waals surface area contributed by atoms with Crippen molar-refractivity contribution in [2.24, 2.45) is 0 Å². The zero-order valence-corrected chi connectivity index (χ0v) is 11.0. The highest BCUT2D eigenvalue weighted by atomic mass is 16.5. The first-order valence-electron chi connectivity index (χ1n) is 6.10. The number of esters is 1. The Morgan fingerprint density at radius 1 is 1.50 bits per heavy atom. The fraction of sp³-hybridized carbons (Fsp3) is 0.500. The number of carbonyl (C=O) groups is 1. The van der Waals surface area contributed by atoms with Crippen molar-refractivity contribution in [3.63, 3.8) is 0 Å². The number of methoxy groups -OCH3 is 1. The van der Waals surface area contributed by atoms with Crippen molar-refractivity contribution < 1.29 is 14.3 Å². The summed E-state index contributed by atoms with van der Waals surface area (Å²) in [7, 11) is 1.39. The second-order valence-electron chi connectivity index (χ2n) is 5.11. The van der Waals surface area contributed by atoms with Crippen LogP contribution in [0.1, 0.15) is 31.9 Å². The van der Waals surface area contributed by atoms with Crippen molar-refractivity contribution in [3.05, 3.63) is 29.8 Å². The summed E-state index contributed by atoms with van der Waals surface area (Å²) < 4.78 is 10.6. The average Bonchev–Trinajstić information content (AvgIpc) is 2.34. The molecule has 2 rings (SSSR count). The Balaban J connectivity index is 2.17. The minimum atomic E-state index is -0.253. The van der Waals surface area contributed by atoms with Gasteiger partial charge in [0.2, 0.25) is 0 Å². The van der Waals surface area contributed by atoms with Crippen LogP contribution in [0.15, 0.2) is 24.3 Å². The van der Waals surface area contributed by atoms with Gasteiger partial charge in [-0.05, 0) is 19.9 Å². The topological polar surface area (TPSA) is 47.6 Å². The van der Waals surface area contributed by atoms with Crippen molar-refractivity contribution in [2.45, 2.75) is 31.9 Å². The number of nitrogens with one attached hydrogen (secondary N) is 1. The van der Waals surface area contributed by atoms with E-state index in [0.717, 1.165) is 17.7 Å². The van der Waals surface area contributed by atoms with Gasteiger partial charge in [0.05, 0.1) is 13.7 Å². The van der Waals surface area contributed by atoms with E-state index in [1.54, 1.807) is 0 Å². The summed E-state index contributed by atoms with van der Waals surface area (Å²) in [4.78, 5) is 11.2. The third kappa shape index (κ3) is 2.82. The molecule has 98 valence electrons. The first-order valence-corrected chi connectivity index (χ1v) is 6.10. The molecular formula is C14H19NO3. The maximum absolute atomic E-state index is 11.2. The third-order valence-corrected chi connectivity index (χ3v) is 3.10. The van der Waals surface area contributed by atoms with Gasteiger partial charge in [-0.3, -0.25) is 10.1 Å². The van der Waals surface area contributed by atoms with Crippen LogP contribution in [0.25, 0.3) is 0 Å². The van der Waals surface area contributed by atoms with Crippen molar-refractivity contribution in [1.82, 2.24) is 5.32 Å². The van der Waals surface area contributed by atoms with Crippen LogP contribution in [0.5, 0.6) is 5.75 Å². The third-order valence-electron chi connectivity index (χ3n) is 3.10. The Morgan fingerprint density at radius 3 is 2.94 bits per heavy atom. The van der Waals surface area contributed by atoms with Gasteiger partial charge in [0.15, 0.2) is 0 Å². The van der Waals surface area contributed by atoms with E-state index >= 15 is 0 Å². The molecule has 0 fully saturated rings. The van der Waals surface area contributed by atoms with Crippen molar-refractivity contribution >= 4 is 5.97 Å². The van der Waals surface area contributed by atoms with Gasteiger partial charge in [-0.1, -0.05) is 18.2 Å². The monoisotopic (exact) mass is 249 g/mol. The van der Waals surface area contributed by atoms with Crippen LogP contribution in [0.4, 0.5) is 0 Å². The SMILES string of the molecule is COC(=O)CNC1CC(C)(C)Oc2ccccc21. The number of fused-ring (bicyclic) bond motifs is 1. The van der Waals surface area contributed by atoms with Gasteiger partial charge in [0, 0.05) is 18.0 Å². The predicted octanol–water partition coefficient (Wildman–Crippen LogP) is 2.05. The highest BCUT2D eigenvalue weighted by Gasteiger charge is 2.33. The first-order chi connectivity index (χ1) is 8.52. The van der Waals surface area contributed by atoms with Crippen LogP contribution in [0, 0.1) is 0 Å². The zero-order valence-electron chi connectivity index (χ0n) is 11.0. The predicted molar refractivity (Wildman–Crippen MR) is 68.5 cm³/mol. The van der Waals surface area contributed by atoms with Crippen molar-refractivity contribution in [2.75, 3.05) is 13.7 Å². The van der Waals surface area contributed by atoms with Crippen LogP contribution in [0.2, 0.25) is 0 Å². The van der Waals surface area contributed by atoms with E-state index in [0.29, 0.717) is 0 Å². The van der Waals surface area contributed by atoms with Gasteiger partial charge in [-0.15, -0.1) is 0 Å². The summed E-state index contributed by atoms with van der Waals surface area (Å²) in [6.45, 7) is 4.32. The molecular weight excluding hydrogens is 230 g/mol. The smallest absolute Gasteiger partial charge is 0.319 e. The van der Waals surface area contributed by atoms with Gasteiger partial charge in [-0.25, -0.2) is 0 Å². The van der Waals surface area contributed by atoms with Crippen molar-refractivity contribution in [1.29, 1.82) is 0 Å². The molecule has 0 amide bonds. The average molecular weight is 249 g/mol.